The molecule has 0 bridgehead atoms. The molecule has 2 heterocycles. The van der Waals surface area contributed by atoms with E-state index in [1.165, 1.54) is 25.9 Å². The maximum absolute atomic E-state index is 10.7. The number of nitrogens with zero attached hydrogens (tertiary/aromatic N) is 1. The zero-order chi connectivity index (χ0) is 15.9. The highest BCUT2D eigenvalue weighted by molar-refractivity contribution is 5.89. The summed E-state index contributed by atoms with van der Waals surface area (Å²) in [4.78, 5) is 13.1. The zero-order valence-electron chi connectivity index (χ0n) is 13.1. The van der Waals surface area contributed by atoms with Gasteiger partial charge in [-0.2, -0.15) is 0 Å². The van der Waals surface area contributed by atoms with Gasteiger partial charge in [0.2, 0.25) is 0 Å². The van der Waals surface area contributed by atoms with Crippen LogP contribution in [0.25, 0.3) is 11.3 Å². The largest absolute Gasteiger partial charge is 0.459 e. The number of urea groups is 1. The van der Waals surface area contributed by atoms with Crippen LogP contribution in [-0.2, 0) is 0 Å². The van der Waals surface area contributed by atoms with E-state index in [1.807, 2.05) is 30.3 Å². The normalized spacial score (nSPS) is 14.3. The van der Waals surface area contributed by atoms with E-state index in [4.69, 9.17) is 10.2 Å². The van der Waals surface area contributed by atoms with Gasteiger partial charge >= 0.3 is 6.03 Å². The number of aryl methyl sites for hydroxylation is 1. The summed E-state index contributed by atoms with van der Waals surface area (Å²) in [6.45, 7) is 4.41. The molecule has 3 rings (SSSR count). The fraction of sp³-hybridized carbons (Fsp3) is 0.353. The quantitative estimate of drug-likeness (QED) is 0.892. The Morgan fingerprint density at radius 3 is 2.36 bits per heavy atom. The van der Waals surface area contributed by atoms with Gasteiger partial charge in [-0.25, -0.2) is 4.79 Å². The number of rotatable bonds is 2. The lowest BCUT2D eigenvalue weighted by Crippen LogP contribution is -2.19. The molecule has 5 heteroatoms. The van der Waals surface area contributed by atoms with Crippen LogP contribution in [0.1, 0.15) is 18.6 Å². The van der Waals surface area contributed by atoms with Gasteiger partial charge in [-0.05, 0) is 39.9 Å². The molecular weight excluding hydrogens is 278 g/mol. The van der Waals surface area contributed by atoms with E-state index in [0.717, 1.165) is 5.56 Å². The van der Waals surface area contributed by atoms with Crippen molar-refractivity contribution in [3.8, 4) is 11.3 Å². The summed E-state index contributed by atoms with van der Waals surface area (Å²) >= 11 is 0. The first-order chi connectivity index (χ1) is 10.6. The fourth-order valence-corrected chi connectivity index (χ4v) is 2.36. The lowest BCUT2D eigenvalue weighted by molar-refractivity contribution is 0.259. The summed E-state index contributed by atoms with van der Waals surface area (Å²) in [5.74, 6) is 1.35. The van der Waals surface area contributed by atoms with Crippen LogP contribution in [-0.4, -0.2) is 31.1 Å². The SMILES string of the molecule is CN1CCCC1.Cc1oc(-c2ccccc2)cc1NC(N)=O. The summed E-state index contributed by atoms with van der Waals surface area (Å²) in [6.07, 6.45) is 2.83. The number of likely N-dealkylation sites (tertiary alicyclic amines) is 1. The smallest absolute Gasteiger partial charge is 0.316 e. The van der Waals surface area contributed by atoms with Gasteiger partial charge in [-0.1, -0.05) is 30.3 Å². The number of nitrogens with two attached hydrogens (primary N) is 1. The lowest BCUT2D eigenvalue weighted by atomic mass is 10.2. The van der Waals surface area contributed by atoms with Crippen molar-refractivity contribution < 1.29 is 9.21 Å². The van der Waals surface area contributed by atoms with Crippen molar-refractivity contribution in [3.05, 3.63) is 42.2 Å². The Labute approximate surface area is 131 Å². The molecule has 1 aliphatic rings. The molecule has 2 aromatic rings. The van der Waals surface area contributed by atoms with Crippen LogP contribution in [0, 0.1) is 6.92 Å². The zero-order valence-corrected chi connectivity index (χ0v) is 13.1. The van der Waals surface area contributed by atoms with E-state index in [9.17, 15) is 4.79 Å². The van der Waals surface area contributed by atoms with Crippen LogP contribution < -0.4 is 11.1 Å². The van der Waals surface area contributed by atoms with E-state index >= 15 is 0 Å². The molecule has 3 N–H and O–H groups in total. The summed E-state index contributed by atoms with van der Waals surface area (Å²) in [6, 6.07) is 10.8. The van der Waals surface area contributed by atoms with Crippen LogP contribution in [0.5, 0.6) is 0 Å². The minimum Gasteiger partial charge on any atom is -0.459 e. The Kier molecular flexibility index (Phi) is 5.61. The van der Waals surface area contributed by atoms with Gasteiger partial charge in [0.25, 0.3) is 0 Å². The summed E-state index contributed by atoms with van der Waals surface area (Å²) in [5.41, 5.74) is 6.61. The van der Waals surface area contributed by atoms with Gasteiger partial charge in [-0.3, -0.25) is 0 Å². The topological polar surface area (TPSA) is 71.5 Å². The number of amides is 2. The average Bonchev–Trinajstić information content (AvgIpc) is 3.10. The number of hydrogen-bond acceptors (Lipinski definition) is 3. The number of carbonyl (C=O) groups excluding carboxylic acids is 1. The first-order valence-corrected chi connectivity index (χ1v) is 7.47. The molecule has 22 heavy (non-hydrogen) atoms. The Morgan fingerprint density at radius 2 is 1.86 bits per heavy atom. The summed E-state index contributed by atoms with van der Waals surface area (Å²) in [7, 11) is 2.17. The maximum Gasteiger partial charge on any atom is 0.316 e. The molecular formula is C17H23N3O2. The maximum atomic E-state index is 10.7. The Hall–Kier alpha value is -2.27. The minimum absolute atomic E-state index is 0.594. The second-order valence-electron chi connectivity index (χ2n) is 5.45. The molecule has 0 saturated carbocycles. The Balaban J connectivity index is 0.000000246. The molecule has 1 aromatic carbocycles. The predicted molar refractivity (Wildman–Crippen MR) is 88.8 cm³/mol. The molecule has 2 amide bonds. The van der Waals surface area contributed by atoms with Crippen molar-refractivity contribution in [2.24, 2.45) is 5.73 Å². The Bertz CT molecular complexity index is 602. The van der Waals surface area contributed by atoms with Crippen molar-refractivity contribution in [1.29, 1.82) is 0 Å². The van der Waals surface area contributed by atoms with Crippen molar-refractivity contribution in [2.45, 2.75) is 19.8 Å². The molecule has 0 unspecified atom stereocenters. The van der Waals surface area contributed by atoms with Gasteiger partial charge in [0.15, 0.2) is 0 Å². The monoisotopic (exact) mass is 301 g/mol. The predicted octanol–water partition coefficient (Wildman–Crippen LogP) is 3.46. The minimum atomic E-state index is -0.594. The van der Waals surface area contributed by atoms with E-state index in [0.29, 0.717) is 17.2 Å². The highest BCUT2D eigenvalue weighted by Gasteiger charge is 2.09. The van der Waals surface area contributed by atoms with Gasteiger partial charge in [0, 0.05) is 11.6 Å². The van der Waals surface area contributed by atoms with Crippen molar-refractivity contribution >= 4 is 11.7 Å². The van der Waals surface area contributed by atoms with E-state index in [2.05, 4.69) is 17.3 Å². The molecule has 0 spiro atoms. The number of anilines is 1. The highest BCUT2D eigenvalue weighted by Crippen LogP contribution is 2.28. The number of hydrogen-bond donors (Lipinski definition) is 2. The number of primary amides is 1. The number of furan rings is 1. The first-order valence-electron chi connectivity index (χ1n) is 7.47. The molecule has 118 valence electrons. The second-order valence-corrected chi connectivity index (χ2v) is 5.45. The van der Waals surface area contributed by atoms with Crippen LogP contribution >= 0.6 is 0 Å². The van der Waals surface area contributed by atoms with E-state index in [1.54, 1.807) is 13.0 Å². The van der Waals surface area contributed by atoms with Crippen LogP contribution in [0.15, 0.2) is 40.8 Å². The molecule has 0 atom stereocenters. The molecule has 1 saturated heterocycles. The fourth-order valence-electron chi connectivity index (χ4n) is 2.36. The molecule has 0 radical (unpaired) electrons. The van der Waals surface area contributed by atoms with Crippen molar-refractivity contribution in [3.63, 3.8) is 0 Å². The van der Waals surface area contributed by atoms with E-state index in [-0.39, 0.29) is 0 Å². The standard InChI is InChI=1S/C12H12N2O2.C5H11N/c1-8-10(14-12(13)15)7-11(16-8)9-5-3-2-4-6-9;1-6-4-2-3-5-6/h2-7H,1H3,(H3,13,14,15);2-5H2,1H3. The third kappa shape index (κ3) is 4.63. The average molecular weight is 301 g/mol. The van der Waals surface area contributed by atoms with Gasteiger partial charge in [0.05, 0.1) is 5.69 Å². The number of nitrogens with one attached hydrogen (secondary N) is 1. The van der Waals surface area contributed by atoms with Gasteiger partial charge in [-0.15, -0.1) is 0 Å². The summed E-state index contributed by atoms with van der Waals surface area (Å²) in [5, 5.41) is 2.51. The van der Waals surface area contributed by atoms with Gasteiger partial charge < -0.3 is 20.4 Å². The molecule has 1 aliphatic heterocycles. The van der Waals surface area contributed by atoms with Crippen molar-refractivity contribution in [2.75, 3.05) is 25.5 Å². The molecule has 1 fully saturated rings. The summed E-state index contributed by atoms with van der Waals surface area (Å²) < 4.78 is 5.53. The second kappa shape index (κ2) is 7.66. The molecule has 0 aliphatic carbocycles. The van der Waals surface area contributed by atoms with Crippen LogP contribution in [0.3, 0.4) is 0 Å². The third-order valence-electron chi connectivity index (χ3n) is 3.56. The molecule has 5 nitrogen and oxygen atoms in total. The molecule has 1 aromatic heterocycles. The van der Waals surface area contributed by atoms with E-state index < -0.39 is 6.03 Å². The number of benzene rings is 1. The highest BCUT2D eigenvalue weighted by atomic mass is 16.3. The first kappa shape index (κ1) is 16.1. The van der Waals surface area contributed by atoms with Crippen molar-refractivity contribution in [1.82, 2.24) is 4.90 Å². The van der Waals surface area contributed by atoms with Gasteiger partial charge in [0.1, 0.15) is 11.5 Å². The van der Waals surface area contributed by atoms with Crippen LogP contribution in [0.2, 0.25) is 0 Å². The number of carbonyl (C=O) groups is 1. The Morgan fingerprint density at radius 1 is 1.23 bits per heavy atom. The van der Waals surface area contributed by atoms with Crippen LogP contribution in [0.4, 0.5) is 10.5 Å². The third-order valence-corrected chi connectivity index (χ3v) is 3.56. The lowest BCUT2D eigenvalue weighted by Gasteiger charge is -2.01.